The fourth-order valence-electron chi connectivity index (χ4n) is 2.48. The van der Waals surface area contributed by atoms with Gasteiger partial charge >= 0.3 is 0 Å². The van der Waals surface area contributed by atoms with Crippen molar-refractivity contribution < 1.29 is 0 Å². The number of aromatic nitrogens is 1. The summed E-state index contributed by atoms with van der Waals surface area (Å²) in [6.07, 6.45) is 8.79. The minimum absolute atomic E-state index is 0.801. The summed E-state index contributed by atoms with van der Waals surface area (Å²) in [5.74, 6) is 0. The van der Waals surface area contributed by atoms with E-state index < -0.39 is 0 Å². The number of allylic oxidation sites excluding steroid dienone is 1. The second-order valence-electron chi connectivity index (χ2n) is 5.03. The van der Waals surface area contributed by atoms with E-state index in [1.807, 2.05) is 18.2 Å². The molecule has 3 nitrogen and oxygen atoms in total. The first-order chi connectivity index (χ1) is 9.31. The van der Waals surface area contributed by atoms with Crippen LogP contribution in [0.5, 0.6) is 0 Å². The van der Waals surface area contributed by atoms with Gasteiger partial charge in [0, 0.05) is 12.2 Å². The lowest BCUT2D eigenvalue weighted by Gasteiger charge is -2.12. The minimum atomic E-state index is 0.801. The Kier molecular flexibility index (Phi) is 3.69. The van der Waals surface area contributed by atoms with E-state index in [4.69, 9.17) is 5.73 Å². The Morgan fingerprint density at radius 3 is 3.11 bits per heavy atom. The number of hydrogen-bond acceptors (Lipinski definition) is 4. The molecule has 0 radical (unpaired) electrons. The molecule has 1 aromatic carbocycles. The fourth-order valence-corrected chi connectivity index (χ4v) is 3.42. The molecule has 100 valence electrons. The summed E-state index contributed by atoms with van der Waals surface area (Å²) in [6.45, 7) is 0.973. The van der Waals surface area contributed by atoms with E-state index in [1.165, 1.54) is 25.7 Å². The molecule has 4 heteroatoms. The van der Waals surface area contributed by atoms with Gasteiger partial charge in [0.05, 0.1) is 10.2 Å². The zero-order valence-corrected chi connectivity index (χ0v) is 11.8. The number of hydrogen-bond donors (Lipinski definition) is 2. The minimum Gasteiger partial charge on any atom is -0.399 e. The fraction of sp³-hybridized carbons (Fsp3) is 0.400. The highest BCUT2D eigenvalue weighted by Crippen LogP contribution is 2.28. The third kappa shape index (κ3) is 3.07. The molecule has 0 saturated heterocycles. The first-order valence-corrected chi connectivity index (χ1v) is 7.71. The summed E-state index contributed by atoms with van der Waals surface area (Å²) in [5.41, 5.74) is 9.21. The molecule has 0 aliphatic heterocycles. The zero-order valence-electron chi connectivity index (χ0n) is 11.0. The van der Waals surface area contributed by atoms with Crippen LogP contribution in [0.2, 0.25) is 0 Å². The van der Waals surface area contributed by atoms with Crippen molar-refractivity contribution in [3.8, 4) is 0 Å². The molecule has 0 amide bonds. The van der Waals surface area contributed by atoms with Crippen LogP contribution in [0, 0.1) is 0 Å². The average molecular weight is 273 g/mol. The van der Waals surface area contributed by atoms with Gasteiger partial charge in [-0.25, -0.2) is 4.98 Å². The van der Waals surface area contributed by atoms with E-state index in [2.05, 4.69) is 16.4 Å². The summed E-state index contributed by atoms with van der Waals surface area (Å²) in [5, 5.41) is 4.42. The number of anilines is 2. The number of nitrogens with two attached hydrogens (primary N) is 1. The van der Waals surface area contributed by atoms with Crippen LogP contribution in [0.1, 0.15) is 32.1 Å². The zero-order chi connectivity index (χ0) is 13.1. The van der Waals surface area contributed by atoms with Crippen LogP contribution in [0.25, 0.3) is 10.2 Å². The van der Waals surface area contributed by atoms with Crippen LogP contribution in [0.3, 0.4) is 0 Å². The second kappa shape index (κ2) is 5.61. The smallest absolute Gasteiger partial charge is 0.183 e. The molecule has 1 aliphatic rings. The average Bonchev–Trinajstić information content (AvgIpc) is 2.82. The number of nitrogens with zero attached hydrogens (tertiary/aromatic N) is 1. The highest BCUT2D eigenvalue weighted by molar-refractivity contribution is 7.22. The Balaban J connectivity index is 1.60. The van der Waals surface area contributed by atoms with E-state index >= 15 is 0 Å². The Labute approximate surface area is 117 Å². The molecule has 1 heterocycles. The van der Waals surface area contributed by atoms with E-state index in [0.29, 0.717) is 0 Å². The third-order valence-corrected chi connectivity index (χ3v) is 4.50. The summed E-state index contributed by atoms with van der Waals surface area (Å²) in [4.78, 5) is 4.57. The van der Waals surface area contributed by atoms with Gasteiger partial charge in [-0.2, -0.15) is 0 Å². The normalized spacial score (nSPS) is 15.5. The molecule has 19 heavy (non-hydrogen) atoms. The molecule has 0 unspecified atom stereocenters. The largest absolute Gasteiger partial charge is 0.399 e. The maximum atomic E-state index is 5.78. The van der Waals surface area contributed by atoms with Crippen LogP contribution in [-0.2, 0) is 0 Å². The van der Waals surface area contributed by atoms with Crippen LogP contribution < -0.4 is 11.1 Å². The van der Waals surface area contributed by atoms with Gasteiger partial charge in [-0.15, -0.1) is 0 Å². The van der Waals surface area contributed by atoms with Crippen LogP contribution in [0.15, 0.2) is 29.8 Å². The van der Waals surface area contributed by atoms with Crippen molar-refractivity contribution in [2.45, 2.75) is 32.1 Å². The van der Waals surface area contributed by atoms with Crippen LogP contribution in [-0.4, -0.2) is 11.5 Å². The second-order valence-corrected chi connectivity index (χ2v) is 6.06. The van der Waals surface area contributed by atoms with E-state index in [0.717, 1.165) is 34.0 Å². The van der Waals surface area contributed by atoms with Gasteiger partial charge in [0.15, 0.2) is 5.13 Å². The molecule has 2 aromatic rings. The summed E-state index contributed by atoms with van der Waals surface area (Å²) in [6, 6.07) is 5.87. The van der Waals surface area contributed by atoms with Gasteiger partial charge < -0.3 is 11.1 Å². The first-order valence-electron chi connectivity index (χ1n) is 6.89. The topological polar surface area (TPSA) is 50.9 Å². The van der Waals surface area contributed by atoms with Crippen molar-refractivity contribution in [1.82, 2.24) is 4.98 Å². The van der Waals surface area contributed by atoms with Crippen molar-refractivity contribution in [2.75, 3.05) is 17.6 Å². The Morgan fingerprint density at radius 1 is 1.32 bits per heavy atom. The van der Waals surface area contributed by atoms with Gasteiger partial charge in [-0.05, 0) is 50.3 Å². The van der Waals surface area contributed by atoms with Gasteiger partial charge in [-0.1, -0.05) is 23.0 Å². The van der Waals surface area contributed by atoms with Gasteiger partial charge in [0.25, 0.3) is 0 Å². The SMILES string of the molecule is Nc1ccc2nc(NCCC3=CCCCC3)sc2c1. The summed E-state index contributed by atoms with van der Waals surface area (Å²) < 4.78 is 1.15. The van der Waals surface area contributed by atoms with Gasteiger partial charge in [0.2, 0.25) is 0 Å². The molecule has 0 spiro atoms. The number of rotatable bonds is 4. The predicted molar refractivity (Wildman–Crippen MR) is 83.7 cm³/mol. The van der Waals surface area contributed by atoms with E-state index in [-0.39, 0.29) is 0 Å². The van der Waals surface area contributed by atoms with E-state index in [1.54, 1.807) is 16.9 Å². The summed E-state index contributed by atoms with van der Waals surface area (Å²) in [7, 11) is 0. The lowest BCUT2D eigenvalue weighted by atomic mass is 9.97. The summed E-state index contributed by atoms with van der Waals surface area (Å²) >= 11 is 1.68. The van der Waals surface area contributed by atoms with Crippen LogP contribution in [0.4, 0.5) is 10.8 Å². The molecular weight excluding hydrogens is 254 g/mol. The first kappa shape index (κ1) is 12.5. The van der Waals surface area contributed by atoms with Gasteiger partial charge in [0.1, 0.15) is 0 Å². The van der Waals surface area contributed by atoms with Crippen molar-refractivity contribution in [2.24, 2.45) is 0 Å². The molecule has 1 aliphatic carbocycles. The molecule has 3 N–H and O–H groups in total. The molecule has 0 saturated carbocycles. The monoisotopic (exact) mass is 273 g/mol. The highest BCUT2D eigenvalue weighted by atomic mass is 32.1. The van der Waals surface area contributed by atoms with Crippen LogP contribution >= 0.6 is 11.3 Å². The maximum absolute atomic E-state index is 5.78. The van der Waals surface area contributed by atoms with Crippen molar-refractivity contribution in [3.63, 3.8) is 0 Å². The molecule has 3 rings (SSSR count). The Morgan fingerprint density at radius 2 is 2.26 bits per heavy atom. The molecule has 0 atom stereocenters. The molecule has 0 fully saturated rings. The lowest BCUT2D eigenvalue weighted by Crippen LogP contribution is -2.03. The van der Waals surface area contributed by atoms with Crippen molar-refractivity contribution in [1.29, 1.82) is 0 Å². The quantitative estimate of drug-likeness (QED) is 0.649. The van der Waals surface area contributed by atoms with E-state index in [9.17, 15) is 0 Å². The van der Waals surface area contributed by atoms with Crippen molar-refractivity contribution >= 4 is 32.4 Å². The molecular formula is C15H19N3S. The molecule has 1 aromatic heterocycles. The number of benzene rings is 1. The predicted octanol–water partition coefficient (Wildman–Crippen LogP) is 4.18. The maximum Gasteiger partial charge on any atom is 0.183 e. The number of fused-ring (bicyclic) bond motifs is 1. The number of nitrogens with one attached hydrogen (secondary N) is 1. The molecule has 0 bridgehead atoms. The van der Waals surface area contributed by atoms with Crippen molar-refractivity contribution in [3.05, 3.63) is 29.8 Å². The Bertz CT molecular complexity index is 600. The third-order valence-electron chi connectivity index (χ3n) is 3.52. The van der Waals surface area contributed by atoms with Gasteiger partial charge in [-0.3, -0.25) is 0 Å². The Hall–Kier alpha value is -1.55. The number of thiazole rings is 1. The highest BCUT2D eigenvalue weighted by Gasteiger charge is 2.05. The number of nitrogen functional groups attached to an aromatic ring is 1. The standard InChI is InChI=1S/C15H19N3S/c16-12-6-7-13-14(10-12)19-15(18-13)17-9-8-11-4-2-1-3-5-11/h4,6-7,10H,1-3,5,8-9,16H2,(H,17,18). The lowest BCUT2D eigenvalue weighted by molar-refractivity contribution is 0.679.